The highest BCUT2D eigenvalue weighted by molar-refractivity contribution is 6.07. The summed E-state index contributed by atoms with van der Waals surface area (Å²) in [4.78, 5) is 17.8. The zero-order chi connectivity index (χ0) is 20.6. The molecule has 28 heavy (non-hydrogen) atoms. The van der Waals surface area contributed by atoms with Crippen LogP contribution in [0.4, 0.5) is 23.2 Å². The minimum Gasteiger partial charge on any atom is -0.305 e. The van der Waals surface area contributed by atoms with Crippen LogP contribution in [0.2, 0.25) is 0 Å². The van der Waals surface area contributed by atoms with E-state index in [1.165, 1.54) is 30.2 Å². The maximum atomic E-state index is 13.4. The van der Waals surface area contributed by atoms with Crippen molar-refractivity contribution in [2.75, 3.05) is 11.4 Å². The fraction of sp³-hybridized carbons (Fsp3) is 0.294. The molecule has 3 aromatic heterocycles. The van der Waals surface area contributed by atoms with Crippen LogP contribution in [0, 0.1) is 12.7 Å². The lowest BCUT2D eigenvalue weighted by atomic mass is 10.2. The second kappa shape index (κ2) is 7.06. The fourth-order valence-electron chi connectivity index (χ4n) is 2.80. The van der Waals surface area contributed by atoms with Gasteiger partial charge in [0.15, 0.2) is 5.69 Å². The number of nitrogens with zero attached hydrogens (tertiary/aromatic N) is 6. The Hall–Kier alpha value is -3.24. The van der Waals surface area contributed by atoms with Gasteiger partial charge in [-0.25, -0.2) is 9.07 Å². The number of aromatic nitrogens is 5. The van der Waals surface area contributed by atoms with Crippen LogP contribution in [-0.4, -0.2) is 37.0 Å². The van der Waals surface area contributed by atoms with E-state index in [1.807, 2.05) is 0 Å². The lowest BCUT2D eigenvalue weighted by molar-refractivity contribution is -0.141. The largest absolute Gasteiger partial charge is 0.435 e. The van der Waals surface area contributed by atoms with E-state index >= 15 is 0 Å². The third-order valence-electron chi connectivity index (χ3n) is 4.01. The summed E-state index contributed by atoms with van der Waals surface area (Å²) < 4.78 is 55.3. The van der Waals surface area contributed by atoms with Crippen molar-refractivity contribution in [3.8, 4) is 5.69 Å². The van der Waals surface area contributed by atoms with E-state index in [4.69, 9.17) is 0 Å². The first-order chi connectivity index (χ1) is 13.1. The zero-order valence-corrected chi connectivity index (χ0v) is 15.2. The summed E-state index contributed by atoms with van der Waals surface area (Å²) >= 11 is 0. The summed E-state index contributed by atoms with van der Waals surface area (Å²) in [5, 5.41) is 7.59. The van der Waals surface area contributed by atoms with Gasteiger partial charge in [-0.05, 0) is 13.8 Å². The molecule has 0 atom stereocenters. The standard InChI is InChI=1S/C17H16F4N6O/c1-4-26(16(28)13-8-25(3)24-15(13)17(19,20)21)14-9-27(23-10(14)2)12-5-11(18)6-22-7-12/h5-9H,4H2,1-3H3. The highest BCUT2D eigenvalue weighted by atomic mass is 19.4. The number of anilines is 1. The molecule has 0 radical (unpaired) electrons. The Bertz CT molecular complexity index is 1020. The van der Waals surface area contributed by atoms with Crippen LogP contribution < -0.4 is 4.90 Å². The van der Waals surface area contributed by atoms with Crippen molar-refractivity contribution in [1.29, 1.82) is 0 Å². The predicted molar refractivity (Wildman–Crippen MR) is 91.6 cm³/mol. The number of amides is 1. The summed E-state index contributed by atoms with van der Waals surface area (Å²) in [6.45, 7) is 3.32. The summed E-state index contributed by atoms with van der Waals surface area (Å²) in [7, 11) is 1.31. The minimum atomic E-state index is -4.77. The number of rotatable bonds is 4. The number of hydrogen-bond donors (Lipinski definition) is 0. The first-order valence-electron chi connectivity index (χ1n) is 8.21. The van der Waals surface area contributed by atoms with Crippen LogP contribution in [0.1, 0.15) is 28.7 Å². The second-order valence-corrected chi connectivity index (χ2v) is 6.02. The maximum Gasteiger partial charge on any atom is 0.435 e. The predicted octanol–water partition coefficient (Wildman–Crippen LogP) is 3.13. The van der Waals surface area contributed by atoms with Crippen LogP contribution in [0.25, 0.3) is 5.69 Å². The summed E-state index contributed by atoms with van der Waals surface area (Å²) in [5.41, 5.74) is -0.810. The third-order valence-corrected chi connectivity index (χ3v) is 4.01. The van der Waals surface area contributed by atoms with Crippen LogP contribution >= 0.6 is 0 Å². The highest BCUT2D eigenvalue weighted by Gasteiger charge is 2.40. The number of aryl methyl sites for hydroxylation is 2. The lowest BCUT2D eigenvalue weighted by Gasteiger charge is -2.20. The quantitative estimate of drug-likeness (QED) is 0.636. The second-order valence-electron chi connectivity index (χ2n) is 6.02. The molecule has 3 rings (SSSR count). The highest BCUT2D eigenvalue weighted by Crippen LogP contribution is 2.32. The van der Waals surface area contributed by atoms with Crippen molar-refractivity contribution < 1.29 is 22.4 Å². The third kappa shape index (κ3) is 3.59. The fourth-order valence-corrected chi connectivity index (χ4v) is 2.80. The van der Waals surface area contributed by atoms with Crippen molar-refractivity contribution in [3.05, 3.63) is 53.6 Å². The van der Waals surface area contributed by atoms with E-state index in [-0.39, 0.29) is 6.54 Å². The Morgan fingerprint density at radius 1 is 1.21 bits per heavy atom. The molecular weight excluding hydrogens is 380 g/mol. The summed E-state index contributed by atoms with van der Waals surface area (Å²) in [6.07, 6.45) is 0.114. The number of halogens is 4. The molecule has 0 saturated heterocycles. The Balaban J connectivity index is 2.02. The van der Waals surface area contributed by atoms with E-state index in [1.54, 1.807) is 13.8 Å². The normalized spacial score (nSPS) is 11.7. The topological polar surface area (TPSA) is 68.8 Å². The monoisotopic (exact) mass is 396 g/mol. The van der Waals surface area contributed by atoms with Crippen LogP contribution in [0.3, 0.4) is 0 Å². The van der Waals surface area contributed by atoms with Gasteiger partial charge in [0.05, 0.1) is 41.2 Å². The molecule has 7 nitrogen and oxygen atoms in total. The Morgan fingerprint density at radius 3 is 2.54 bits per heavy atom. The molecule has 0 aliphatic heterocycles. The van der Waals surface area contributed by atoms with Crippen LogP contribution in [0.5, 0.6) is 0 Å². The maximum absolute atomic E-state index is 13.4. The average molecular weight is 396 g/mol. The molecule has 0 aromatic carbocycles. The van der Waals surface area contributed by atoms with Gasteiger partial charge in [-0.2, -0.15) is 23.4 Å². The van der Waals surface area contributed by atoms with Gasteiger partial charge >= 0.3 is 6.18 Å². The van der Waals surface area contributed by atoms with E-state index in [0.29, 0.717) is 17.1 Å². The van der Waals surface area contributed by atoms with Gasteiger partial charge in [0.2, 0.25) is 0 Å². The Labute approximate surface area is 157 Å². The molecule has 0 saturated carbocycles. The van der Waals surface area contributed by atoms with E-state index in [0.717, 1.165) is 22.0 Å². The number of hydrogen-bond acceptors (Lipinski definition) is 4. The zero-order valence-electron chi connectivity index (χ0n) is 15.2. The molecule has 3 aromatic rings. The van der Waals surface area contributed by atoms with Crippen molar-refractivity contribution >= 4 is 11.6 Å². The number of carbonyl (C=O) groups excluding carboxylic acids is 1. The summed E-state index contributed by atoms with van der Waals surface area (Å²) in [6, 6.07) is 1.20. The van der Waals surface area contributed by atoms with Gasteiger partial charge in [-0.1, -0.05) is 0 Å². The minimum absolute atomic E-state index is 0.0962. The Morgan fingerprint density at radius 2 is 1.93 bits per heavy atom. The van der Waals surface area contributed by atoms with Gasteiger partial charge < -0.3 is 4.90 Å². The van der Waals surface area contributed by atoms with Gasteiger partial charge in [0.25, 0.3) is 5.91 Å². The summed E-state index contributed by atoms with van der Waals surface area (Å²) in [5.74, 6) is -1.43. The first-order valence-corrected chi connectivity index (χ1v) is 8.21. The van der Waals surface area contributed by atoms with Crippen molar-refractivity contribution in [1.82, 2.24) is 24.5 Å². The van der Waals surface area contributed by atoms with Crippen molar-refractivity contribution in [3.63, 3.8) is 0 Å². The molecular formula is C17H16F4N6O. The van der Waals surface area contributed by atoms with Crippen molar-refractivity contribution in [2.45, 2.75) is 20.0 Å². The van der Waals surface area contributed by atoms with Gasteiger partial charge in [0, 0.05) is 25.9 Å². The number of carbonyl (C=O) groups is 1. The SMILES string of the molecule is CCN(C(=O)c1cn(C)nc1C(F)(F)F)c1cn(-c2cncc(F)c2)nc1C. The van der Waals surface area contributed by atoms with E-state index in [9.17, 15) is 22.4 Å². The smallest absolute Gasteiger partial charge is 0.305 e. The van der Waals surface area contributed by atoms with Crippen molar-refractivity contribution in [2.24, 2.45) is 7.05 Å². The number of alkyl halides is 3. The van der Waals surface area contributed by atoms with E-state index < -0.39 is 29.2 Å². The molecule has 0 spiro atoms. The average Bonchev–Trinajstić information content (AvgIpc) is 3.19. The van der Waals surface area contributed by atoms with Crippen LogP contribution in [-0.2, 0) is 13.2 Å². The molecule has 0 aliphatic rings. The molecule has 3 heterocycles. The van der Waals surface area contributed by atoms with Gasteiger partial charge in [-0.15, -0.1) is 0 Å². The lowest BCUT2D eigenvalue weighted by Crippen LogP contribution is -2.32. The molecule has 0 fully saturated rings. The molecule has 0 unspecified atom stereocenters. The van der Waals surface area contributed by atoms with E-state index in [2.05, 4.69) is 15.2 Å². The Kier molecular flexibility index (Phi) is 4.92. The van der Waals surface area contributed by atoms with Crippen LogP contribution in [0.15, 0.2) is 30.9 Å². The molecule has 0 N–H and O–H groups in total. The number of pyridine rings is 1. The first kappa shape index (κ1) is 19.5. The molecule has 148 valence electrons. The molecule has 11 heteroatoms. The van der Waals surface area contributed by atoms with Gasteiger partial charge in [0.1, 0.15) is 5.82 Å². The molecule has 0 bridgehead atoms. The molecule has 0 aliphatic carbocycles. The molecule has 1 amide bonds. The van der Waals surface area contributed by atoms with Gasteiger partial charge in [-0.3, -0.25) is 14.5 Å².